The van der Waals surface area contributed by atoms with Crippen molar-refractivity contribution in [2.24, 2.45) is 5.92 Å². The van der Waals surface area contributed by atoms with Crippen LogP contribution in [0.3, 0.4) is 0 Å². The number of hydrogen-bond donors (Lipinski definition) is 1. The van der Waals surface area contributed by atoms with Crippen molar-refractivity contribution in [2.45, 2.75) is 38.3 Å². The van der Waals surface area contributed by atoms with Crippen molar-refractivity contribution in [3.05, 3.63) is 35.9 Å². The summed E-state index contributed by atoms with van der Waals surface area (Å²) in [5.41, 5.74) is 1.22. The molecular weight excluding hydrogens is 292 g/mol. The zero-order valence-corrected chi connectivity index (χ0v) is 13.4. The summed E-state index contributed by atoms with van der Waals surface area (Å²) in [4.78, 5) is 28.1. The minimum absolute atomic E-state index is 0.0947. The molecule has 0 bridgehead atoms. The second-order valence-corrected chi connectivity index (χ2v) is 6.58. The Morgan fingerprint density at radius 2 is 1.83 bits per heavy atom. The molecule has 2 aliphatic heterocycles. The van der Waals surface area contributed by atoms with E-state index in [0.29, 0.717) is 19.5 Å². The predicted molar refractivity (Wildman–Crippen MR) is 86.8 cm³/mol. The van der Waals surface area contributed by atoms with Gasteiger partial charge in [0.05, 0.1) is 12.0 Å². The lowest BCUT2D eigenvalue weighted by Gasteiger charge is -2.35. The molecule has 2 heterocycles. The van der Waals surface area contributed by atoms with E-state index in [0.717, 1.165) is 32.4 Å². The van der Waals surface area contributed by atoms with Crippen molar-refractivity contribution in [3.63, 3.8) is 0 Å². The van der Waals surface area contributed by atoms with Gasteiger partial charge in [0, 0.05) is 19.6 Å². The SMILES string of the molecule is O=C(O)[C@H]1CCCN(C(=O)[C@H]2CCCN2Cc2ccccc2)C1. The zero-order valence-electron chi connectivity index (χ0n) is 13.4. The molecule has 5 heteroatoms. The number of rotatable bonds is 4. The third-order valence-corrected chi connectivity index (χ3v) is 4.96. The first-order valence-electron chi connectivity index (χ1n) is 8.44. The van der Waals surface area contributed by atoms with E-state index in [1.54, 1.807) is 4.90 Å². The van der Waals surface area contributed by atoms with Crippen LogP contribution >= 0.6 is 0 Å². The smallest absolute Gasteiger partial charge is 0.308 e. The van der Waals surface area contributed by atoms with E-state index < -0.39 is 11.9 Å². The Bertz CT molecular complexity index is 561. The molecule has 1 amide bonds. The van der Waals surface area contributed by atoms with Crippen molar-refractivity contribution in [3.8, 4) is 0 Å². The van der Waals surface area contributed by atoms with Gasteiger partial charge in [-0.05, 0) is 37.8 Å². The molecule has 0 aliphatic carbocycles. The summed E-state index contributed by atoms with van der Waals surface area (Å²) in [6.07, 6.45) is 3.37. The van der Waals surface area contributed by atoms with Gasteiger partial charge in [0.1, 0.15) is 0 Å². The second kappa shape index (κ2) is 7.13. The Labute approximate surface area is 136 Å². The maximum Gasteiger partial charge on any atom is 0.308 e. The van der Waals surface area contributed by atoms with Gasteiger partial charge in [0.2, 0.25) is 5.91 Å². The molecule has 1 aromatic carbocycles. The summed E-state index contributed by atoms with van der Waals surface area (Å²) in [6, 6.07) is 10.1. The zero-order chi connectivity index (χ0) is 16.2. The number of carboxylic acid groups (broad SMARTS) is 1. The molecule has 1 aromatic rings. The van der Waals surface area contributed by atoms with Gasteiger partial charge in [-0.2, -0.15) is 0 Å². The van der Waals surface area contributed by atoms with Crippen molar-refractivity contribution >= 4 is 11.9 Å². The predicted octanol–water partition coefficient (Wildman–Crippen LogP) is 1.97. The summed E-state index contributed by atoms with van der Waals surface area (Å²) >= 11 is 0. The highest BCUT2D eigenvalue weighted by molar-refractivity contribution is 5.83. The van der Waals surface area contributed by atoms with Crippen LogP contribution in [0.1, 0.15) is 31.2 Å². The van der Waals surface area contributed by atoms with Crippen LogP contribution in [0.2, 0.25) is 0 Å². The lowest BCUT2D eigenvalue weighted by Crippen LogP contribution is -2.50. The number of hydrogen-bond acceptors (Lipinski definition) is 3. The number of nitrogens with zero attached hydrogens (tertiary/aromatic N) is 2. The van der Waals surface area contributed by atoms with Crippen LogP contribution in [0.15, 0.2) is 30.3 Å². The number of likely N-dealkylation sites (tertiary alicyclic amines) is 2. The maximum atomic E-state index is 12.9. The summed E-state index contributed by atoms with van der Waals surface area (Å²) in [7, 11) is 0. The van der Waals surface area contributed by atoms with Crippen molar-refractivity contribution < 1.29 is 14.7 Å². The van der Waals surface area contributed by atoms with Gasteiger partial charge in [-0.15, -0.1) is 0 Å². The van der Waals surface area contributed by atoms with Gasteiger partial charge < -0.3 is 10.0 Å². The van der Waals surface area contributed by atoms with Crippen LogP contribution in [-0.2, 0) is 16.1 Å². The Morgan fingerprint density at radius 3 is 2.57 bits per heavy atom. The average molecular weight is 316 g/mol. The van der Waals surface area contributed by atoms with E-state index in [2.05, 4.69) is 17.0 Å². The molecule has 124 valence electrons. The van der Waals surface area contributed by atoms with Gasteiger partial charge in [-0.3, -0.25) is 14.5 Å². The van der Waals surface area contributed by atoms with Crippen LogP contribution in [0.5, 0.6) is 0 Å². The third kappa shape index (κ3) is 3.72. The fourth-order valence-electron chi connectivity index (χ4n) is 3.70. The van der Waals surface area contributed by atoms with Crippen molar-refractivity contribution in [1.82, 2.24) is 9.80 Å². The van der Waals surface area contributed by atoms with Gasteiger partial charge in [-0.1, -0.05) is 30.3 Å². The third-order valence-electron chi connectivity index (χ3n) is 4.96. The molecular formula is C18H24N2O3. The van der Waals surface area contributed by atoms with E-state index in [4.69, 9.17) is 0 Å². The fraction of sp³-hybridized carbons (Fsp3) is 0.556. The quantitative estimate of drug-likeness (QED) is 0.922. The molecule has 2 saturated heterocycles. The van der Waals surface area contributed by atoms with Gasteiger partial charge in [0.25, 0.3) is 0 Å². The Morgan fingerprint density at radius 1 is 1.09 bits per heavy atom. The lowest BCUT2D eigenvalue weighted by molar-refractivity contribution is -0.147. The Hall–Kier alpha value is -1.88. The Balaban J connectivity index is 1.64. The first-order valence-corrected chi connectivity index (χ1v) is 8.44. The monoisotopic (exact) mass is 316 g/mol. The summed E-state index contributed by atoms with van der Waals surface area (Å²) in [6.45, 7) is 2.77. The van der Waals surface area contributed by atoms with Crippen LogP contribution in [-0.4, -0.2) is 52.5 Å². The van der Waals surface area contributed by atoms with Gasteiger partial charge >= 0.3 is 5.97 Å². The van der Waals surface area contributed by atoms with E-state index >= 15 is 0 Å². The van der Waals surface area contributed by atoms with Crippen molar-refractivity contribution in [2.75, 3.05) is 19.6 Å². The summed E-state index contributed by atoms with van der Waals surface area (Å²) in [5, 5.41) is 9.20. The molecule has 2 aliphatic rings. The highest BCUT2D eigenvalue weighted by atomic mass is 16.4. The number of aliphatic carboxylic acids is 1. The summed E-state index contributed by atoms with van der Waals surface area (Å²) < 4.78 is 0. The topological polar surface area (TPSA) is 60.9 Å². The van der Waals surface area contributed by atoms with Crippen molar-refractivity contribution in [1.29, 1.82) is 0 Å². The number of benzene rings is 1. The number of carbonyl (C=O) groups is 2. The van der Waals surface area contributed by atoms with Gasteiger partial charge in [0.15, 0.2) is 0 Å². The van der Waals surface area contributed by atoms with E-state index in [1.807, 2.05) is 18.2 Å². The number of amides is 1. The summed E-state index contributed by atoms with van der Waals surface area (Å²) in [5.74, 6) is -1.07. The first kappa shape index (κ1) is 16.0. The molecule has 0 radical (unpaired) electrons. The minimum atomic E-state index is -0.782. The Kier molecular flexibility index (Phi) is 4.96. The molecule has 2 atom stereocenters. The lowest BCUT2D eigenvalue weighted by atomic mass is 9.97. The standard InChI is InChI=1S/C18H24N2O3/c21-17(20-11-4-8-15(13-20)18(22)23)16-9-5-10-19(16)12-14-6-2-1-3-7-14/h1-3,6-7,15-16H,4-5,8-13H2,(H,22,23)/t15-,16+/m0/s1. The molecule has 1 N–H and O–H groups in total. The van der Waals surface area contributed by atoms with E-state index in [9.17, 15) is 14.7 Å². The van der Waals surface area contributed by atoms with Crippen LogP contribution in [0.4, 0.5) is 0 Å². The molecule has 3 rings (SSSR count). The van der Waals surface area contributed by atoms with Gasteiger partial charge in [-0.25, -0.2) is 0 Å². The number of carboxylic acids is 1. The number of carbonyl (C=O) groups excluding carboxylic acids is 1. The van der Waals surface area contributed by atoms with Crippen LogP contribution < -0.4 is 0 Å². The first-order chi connectivity index (χ1) is 11.1. The fourth-order valence-corrected chi connectivity index (χ4v) is 3.70. The highest BCUT2D eigenvalue weighted by Crippen LogP contribution is 2.24. The maximum absolute atomic E-state index is 12.9. The number of piperidine rings is 1. The van der Waals surface area contributed by atoms with E-state index in [1.165, 1.54) is 5.56 Å². The molecule has 23 heavy (non-hydrogen) atoms. The molecule has 2 fully saturated rings. The molecule has 0 spiro atoms. The second-order valence-electron chi connectivity index (χ2n) is 6.58. The average Bonchev–Trinajstić information content (AvgIpc) is 3.03. The van der Waals surface area contributed by atoms with Crippen LogP contribution in [0, 0.1) is 5.92 Å². The largest absolute Gasteiger partial charge is 0.481 e. The van der Waals surface area contributed by atoms with E-state index in [-0.39, 0.29) is 11.9 Å². The normalized spacial score (nSPS) is 25.5. The molecule has 0 saturated carbocycles. The van der Waals surface area contributed by atoms with Crippen LogP contribution in [0.25, 0.3) is 0 Å². The molecule has 0 unspecified atom stereocenters. The minimum Gasteiger partial charge on any atom is -0.481 e. The highest BCUT2D eigenvalue weighted by Gasteiger charge is 2.36. The molecule has 0 aromatic heterocycles. The molecule has 5 nitrogen and oxygen atoms in total.